The summed E-state index contributed by atoms with van der Waals surface area (Å²) in [7, 11) is 0. The van der Waals surface area contributed by atoms with Crippen molar-refractivity contribution < 1.29 is 9.47 Å². The third-order valence-corrected chi connectivity index (χ3v) is 8.69. The van der Waals surface area contributed by atoms with Crippen molar-refractivity contribution in [3.8, 4) is 11.5 Å². The number of aryl methyl sites for hydroxylation is 2. The molecule has 2 rings (SSSR count). The molecule has 1 atom stereocenters. The van der Waals surface area contributed by atoms with Crippen LogP contribution in [0, 0.1) is 6.92 Å². The molecular formula is C42H64O2. The maximum atomic E-state index is 6.68. The first-order valence-electron chi connectivity index (χ1n) is 17.2. The van der Waals surface area contributed by atoms with Gasteiger partial charge in [-0.1, -0.05) is 63.8 Å². The van der Waals surface area contributed by atoms with Gasteiger partial charge in [0, 0.05) is 0 Å². The first-order valence-corrected chi connectivity index (χ1v) is 17.2. The van der Waals surface area contributed by atoms with Crippen LogP contribution in [0.25, 0.3) is 0 Å². The predicted octanol–water partition coefficient (Wildman–Crippen LogP) is 13.1. The van der Waals surface area contributed by atoms with E-state index in [1.807, 2.05) is 0 Å². The van der Waals surface area contributed by atoms with Gasteiger partial charge in [-0.2, -0.15) is 0 Å². The Kier molecular flexibility index (Phi) is 16.7. The lowest BCUT2D eigenvalue weighted by molar-refractivity contribution is 0.0561. The molecule has 1 aromatic rings. The third kappa shape index (κ3) is 15.3. The molecular weight excluding hydrogens is 536 g/mol. The summed E-state index contributed by atoms with van der Waals surface area (Å²) < 4.78 is 12.9. The van der Waals surface area contributed by atoms with Crippen molar-refractivity contribution in [3.05, 3.63) is 93.2 Å². The molecule has 0 N–H and O–H groups in total. The van der Waals surface area contributed by atoms with Crippen molar-refractivity contribution >= 4 is 0 Å². The van der Waals surface area contributed by atoms with Crippen LogP contribution in [0.15, 0.2) is 82.0 Å². The monoisotopic (exact) mass is 600 g/mol. The average Bonchev–Trinajstić information content (AvgIpc) is 2.93. The highest BCUT2D eigenvalue weighted by atomic mass is 16.5. The summed E-state index contributed by atoms with van der Waals surface area (Å²) in [6.07, 6.45) is 27.4. The van der Waals surface area contributed by atoms with E-state index in [1.54, 1.807) is 0 Å². The number of allylic oxidation sites excluding steroid dienone is 11. The zero-order valence-corrected chi connectivity index (χ0v) is 30.1. The van der Waals surface area contributed by atoms with Crippen molar-refractivity contribution in [1.29, 1.82) is 0 Å². The molecule has 0 aliphatic carbocycles. The lowest BCUT2D eigenvalue weighted by Gasteiger charge is -2.37. The van der Waals surface area contributed by atoms with Crippen molar-refractivity contribution in [3.63, 3.8) is 0 Å². The Bertz CT molecular complexity index is 1220. The van der Waals surface area contributed by atoms with Gasteiger partial charge >= 0.3 is 0 Å². The second-order valence-electron chi connectivity index (χ2n) is 14.0. The van der Waals surface area contributed by atoms with Crippen LogP contribution in [0.2, 0.25) is 0 Å². The number of ether oxygens (including phenoxy) is 2. The standard InChI is InChI=1S/C42H64O2/c1-32(2)16-11-18-34(5)20-13-22-36(7)24-15-27-42(10)28-25-39-31-40(30-38(9)41(39)44-42)43-29-26-37(8)23-14-21-35(6)19-12-17-33(3)4/h16-17,20-21,24,26,30-31H,11-15,18-19,22-23,25,27-29H2,1-10H3/b34-20+,35-21+,36-24+,37-26+/t42-/m1/s1. The van der Waals surface area contributed by atoms with Crippen LogP contribution >= 0.6 is 0 Å². The largest absolute Gasteiger partial charge is 0.490 e. The Morgan fingerprint density at radius 3 is 1.68 bits per heavy atom. The minimum atomic E-state index is -0.114. The van der Waals surface area contributed by atoms with E-state index in [1.165, 1.54) is 51.0 Å². The van der Waals surface area contributed by atoms with E-state index in [0.717, 1.165) is 82.1 Å². The summed E-state index contributed by atoms with van der Waals surface area (Å²) in [6.45, 7) is 22.8. The lowest BCUT2D eigenvalue weighted by Crippen LogP contribution is -2.36. The number of fused-ring (bicyclic) bond motifs is 1. The molecule has 2 heteroatoms. The Balaban J connectivity index is 1.80. The van der Waals surface area contributed by atoms with Gasteiger partial charge in [0.25, 0.3) is 0 Å². The van der Waals surface area contributed by atoms with Gasteiger partial charge in [-0.05, 0) is 176 Å². The quantitative estimate of drug-likeness (QED) is 0.156. The van der Waals surface area contributed by atoms with Crippen LogP contribution in [-0.2, 0) is 6.42 Å². The second kappa shape index (κ2) is 19.6. The lowest BCUT2D eigenvalue weighted by atomic mass is 9.87. The summed E-state index contributed by atoms with van der Waals surface area (Å²) in [6, 6.07) is 4.34. The van der Waals surface area contributed by atoms with Gasteiger partial charge in [-0.15, -0.1) is 0 Å². The van der Waals surface area contributed by atoms with E-state index >= 15 is 0 Å². The Morgan fingerprint density at radius 1 is 0.682 bits per heavy atom. The highest BCUT2D eigenvalue weighted by Crippen LogP contribution is 2.40. The topological polar surface area (TPSA) is 18.5 Å². The normalized spacial score (nSPS) is 17.6. The molecule has 0 radical (unpaired) electrons. The fourth-order valence-electron chi connectivity index (χ4n) is 5.68. The molecule has 0 bridgehead atoms. The van der Waals surface area contributed by atoms with E-state index < -0.39 is 0 Å². The van der Waals surface area contributed by atoms with Crippen LogP contribution in [0.4, 0.5) is 0 Å². The van der Waals surface area contributed by atoms with Crippen molar-refractivity contribution in [1.82, 2.24) is 0 Å². The fraction of sp³-hybridized carbons (Fsp3) is 0.571. The van der Waals surface area contributed by atoms with Crippen LogP contribution < -0.4 is 9.47 Å². The van der Waals surface area contributed by atoms with Gasteiger partial charge in [0.15, 0.2) is 0 Å². The first kappa shape index (κ1) is 37.4. The van der Waals surface area contributed by atoms with Crippen LogP contribution in [-0.4, -0.2) is 12.2 Å². The molecule has 1 heterocycles. The molecule has 1 aliphatic rings. The van der Waals surface area contributed by atoms with Gasteiger partial charge in [-0.25, -0.2) is 0 Å². The molecule has 1 aromatic carbocycles. The van der Waals surface area contributed by atoms with Crippen LogP contribution in [0.1, 0.15) is 144 Å². The SMILES string of the molecule is CC(C)=CCC/C(C)=C/CC/C(C)=C/CC[C@]1(C)CCc2cc(OC/C=C(\C)CC/C=C(\C)CCC=C(C)C)cc(C)c2O1. The number of benzene rings is 1. The van der Waals surface area contributed by atoms with Crippen molar-refractivity contribution in [2.45, 2.75) is 152 Å². The molecule has 0 spiro atoms. The summed E-state index contributed by atoms with van der Waals surface area (Å²) in [5.74, 6) is 2.02. The van der Waals surface area contributed by atoms with E-state index in [-0.39, 0.29) is 5.60 Å². The predicted molar refractivity (Wildman–Crippen MR) is 194 cm³/mol. The third-order valence-electron chi connectivity index (χ3n) is 8.69. The first-order chi connectivity index (χ1) is 20.9. The van der Waals surface area contributed by atoms with Crippen LogP contribution in [0.3, 0.4) is 0 Å². The Morgan fingerprint density at radius 2 is 1.16 bits per heavy atom. The smallest absolute Gasteiger partial charge is 0.126 e. The molecule has 0 amide bonds. The molecule has 0 fully saturated rings. The molecule has 0 unspecified atom stereocenters. The summed E-state index contributed by atoms with van der Waals surface area (Å²) in [5, 5.41) is 0. The van der Waals surface area contributed by atoms with Crippen molar-refractivity contribution in [2.24, 2.45) is 0 Å². The fourth-order valence-corrected chi connectivity index (χ4v) is 5.68. The van der Waals surface area contributed by atoms with Gasteiger partial charge < -0.3 is 9.47 Å². The maximum absolute atomic E-state index is 6.68. The summed E-state index contributed by atoms with van der Waals surface area (Å²) >= 11 is 0. The number of hydrogen-bond acceptors (Lipinski definition) is 2. The maximum Gasteiger partial charge on any atom is 0.126 e. The molecule has 1 aliphatic heterocycles. The van der Waals surface area contributed by atoms with Crippen molar-refractivity contribution in [2.75, 3.05) is 6.61 Å². The average molecular weight is 601 g/mol. The van der Waals surface area contributed by atoms with Gasteiger partial charge in [0.05, 0.1) is 0 Å². The Hall–Kier alpha value is -2.74. The van der Waals surface area contributed by atoms with E-state index in [4.69, 9.17) is 9.47 Å². The van der Waals surface area contributed by atoms with Gasteiger partial charge in [0.1, 0.15) is 23.7 Å². The molecule has 244 valence electrons. The zero-order valence-electron chi connectivity index (χ0n) is 30.1. The molecule has 0 saturated heterocycles. The minimum absolute atomic E-state index is 0.114. The van der Waals surface area contributed by atoms with Gasteiger partial charge in [-0.3, -0.25) is 0 Å². The molecule has 0 aromatic heterocycles. The van der Waals surface area contributed by atoms with E-state index in [2.05, 4.69) is 118 Å². The molecule has 44 heavy (non-hydrogen) atoms. The summed E-state index contributed by atoms with van der Waals surface area (Å²) in [4.78, 5) is 0. The van der Waals surface area contributed by atoms with E-state index in [9.17, 15) is 0 Å². The highest BCUT2D eigenvalue weighted by molar-refractivity contribution is 5.48. The molecule has 2 nitrogen and oxygen atoms in total. The minimum Gasteiger partial charge on any atom is -0.490 e. The molecule has 0 saturated carbocycles. The second-order valence-corrected chi connectivity index (χ2v) is 14.0. The van der Waals surface area contributed by atoms with Gasteiger partial charge in [0.2, 0.25) is 0 Å². The van der Waals surface area contributed by atoms with Crippen LogP contribution in [0.5, 0.6) is 11.5 Å². The summed E-state index contributed by atoms with van der Waals surface area (Å²) in [5.41, 5.74) is 11.0. The van der Waals surface area contributed by atoms with E-state index in [0.29, 0.717) is 6.61 Å². The Labute approximate surface area is 272 Å². The zero-order chi connectivity index (χ0) is 32.5. The highest BCUT2D eigenvalue weighted by Gasteiger charge is 2.32. The number of rotatable bonds is 18. The number of hydrogen-bond donors (Lipinski definition) is 0.